The molecule has 0 atom stereocenters. The van der Waals surface area contributed by atoms with Crippen LogP contribution in [0, 0.1) is 5.82 Å². The molecule has 2 rings (SSSR count). The fourth-order valence-electron chi connectivity index (χ4n) is 2.50. The molecule has 1 aromatic carbocycles. The molecular weight excluding hydrogens is 237 g/mol. The molecule has 0 heterocycles. The molecule has 0 bridgehead atoms. The molecule has 94 valence electrons. The van der Waals surface area contributed by atoms with E-state index in [-0.39, 0.29) is 11.4 Å². The van der Waals surface area contributed by atoms with Crippen LogP contribution in [0.5, 0.6) is 0 Å². The average Bonchev–Trinajstić information content (AvgIpc) is 2.31. The standard InChI is InChI=1S/C14H19ClFN/c1-14(7-3-2-4-8-14)17-10-11-9-12(16)5-6-13(11)15/h5-6,9,17H,2-4,7-8,10H2,1H3. The molecule has 0 aliphatic heterocycles. The highest BCUT2D eigenvalue weighted by Crippen LogP contribution is 2.28. The first-order valence-corrected chi connectivity index (χ1v) is 6.66. The fraction of sp³-hybridized carbons (Fsp3) is 0.571. The Hall–Kier alpha value is -0.600. The highest BCUT2D eigenvalue weighted by atomic mass is 35.5. The topological polar surface area (TPSA) is 12.0 Å². The minimum absolute atomic E-state index is 0.188. The molecule has 1 saturated carbocycles. The number of nitrogens with one attached hydrogen (secondary N) is 1. The molecule has 0 radical (unpaired) electrons. The molecule has 17 heavy (non-hydrogen) atoms. The summed E-state index contributed by atoms with van der Waals surface area (Å²) < 4.78 is 13.1. The second-order valence-electron chi connectivity index (χ2n) is 5.21. The van der Waals surface area contributed by atoms with Gasteiger partial charge < -0.3 is 5.32 Å². The maximum Gasteiger partial charge on any atom is 0.123 e. The molecule has 0 amide bonds. The zero-order chi connectivity index (χ0) is 12.3. The second-order valence-corrected chi connectivity index (χ2v) is 5.62. The van der Waals surface area contributed by atoms with Crippen molar-refractivity contribution in [3.63, 3.8) is 0 Å². The Kier molecular flexibility index (Phi) is 4.05. The highest BCUT2D eigenvalue weighted by Gasteiger charge is 2.25. The lowest BCUT2D eigenvalue weighted by atomic mass is 9.83. The maximum atomic E-state index is 13.1. The van der Waals surface area contributed by atoms with Crippen LogP contribution in [-0.2, 0) is 6.54 Å². The van der Waals surface area contributed by atoms with Gasteiger partial charge in [0.2, 0.25) is 0 Å². The molecule has 1 aliphatic rings. The van der Waals surface area contributed by atoms with Gasteiger partial charge in [-0.05, 0) is 43.5 Å². The van der Waals surface area contributed by atoms with Crippen LogP contribution in [0.3, 0.4) is 0 Å². The Morgan fingerprint density at radius 3 is 2.71 bits per heavy atom. The van der Waals surface area contributed by atoms with E-state index in [0.29, 0.717) is 11.6 Å². The molecule has 3 heteroatoms. The van der Waals surface area contributed by atoms with Gasteiger partial charge in [0.1, 0.15) is 5.82 Å². The normalized spacial score (nSPS) is 19.2. The molecular formula is C14H19ClFN. The van der Waals surface area contributed by atoms with E-state index in [1.807, 2.05) is 0 Å². The third-order valence-corrected chi connectivity index (χ3v) is 4.04. The van der Waals surface area contributed by atoms with Crippen molar-refractivity contribution in [1.29, 1.82) is 0 Å². The van der Waals surface area contributed by atoms with Crippen molar-refractivity contribution >= 4 is 11.6 Å². The summed E-state index contributed by atoms with van der Waals surface area (Å²) >= 11 is 6.05. The molecule has 0 spiro atoms. The summed E-state index contributed by atoms with van der Waals surface area (Å²) in [7, 11) is 0. The van der Waals surface area contributed by atoms with E-state index in [0.717, 1.165) is 5.56 Å². The van der Waals surface area contributed by atoms with E-state index < -0.39 is 0 Å². The van der Waals surface area contributed by atoms with Crippen molar-refractivity contribution < 1.29 is 4.39 Å². The zero-order valence-electron chi connectivity index (χ0n) is 10.2. The minimum atomic E-state index is -0.222. The molecule has 0 saturated heterocycles. The van der Waals surface area contributed by atoms with E-state index in [9.17, 15) is 4.39 Å². The quantitative estimate of drug-likeness (QED) is 0.850. The lowest BCUT2D eigenvalue weighted by Crippen LogP contribution is -2.43. The maximum absolute atomic E-state index is 13.1. The van der Waals surface area contributed by atoms with Gasteiger partial charge in [-0.3, -0.25) is 0 Å². The Morgan fingerprint density at radius 2 is 2.00 bits per heavy atom. The number of benzene rings is 1. The Bertz CT molecular complexity index is 386. The first-order chi connectivity index (χ1) is 8.09. The van der Waals surface area contributed by atoms with Crippen LogP contribution in [0.1, 0.15) is 44.6 Å². The number of halogens is 2. The Morgan fingerprint density at radius 1 is 1.29 bits per heavy atom. The molecule has 1 aromatic rings. The Balaban J connectivity index is 1.99. The van der Waals surface area contributed by atoms with Crippen LogP contribution in [-0.4, -0.2) is 5.54 Å². The monoisotopic (exact) mass is 255 g/mol. The first kappa shape index (κ1) is 12.8. The third kappa shape index (κ3) is 3.43. The van der Waals surface area contributed by atoms with Crippen LogP contribution >= 0.6 is 11.6 Å². The van der Waals surface area contributed by atoms with Gasteiger partial charge in [0, 0.05) is 17.1 Å². The zero-order valence-corrected chi connectivity index (χ0v) is 11.0. The Labute approximate surface area is 107 Å². The summed E-state index contributed by atoms with van der Waals surface area (Å²) in [6.07, 6.45) is 6.28. The van der Waals surface area contributed by atoms with Crippen LogP contribution in [0.2, 0.25) is 5.02 Å². The number of hydrogen-bond acceptors (Lipinski definition) is 1. The predicted octanol–water partition coefficient (Wildman–Crippen LogP) is 4.29. The van der Waals surface area contributed by atoms with Crippen LogP contribution in [0.15, 0.2) is 18.2 Å². The molecule has 1 N–H and O–H groups in total. The van der Waals surface area contributed by atoms with Crippen molar-refractivity contribution in [3.8, 4) is 0 Å². The number of hydrogen-bond donors (Lipinski definition) is 1. The second kappa shape index (κ2) is 5.36. The smallest absolute Gasteiger partial charge is 0.123 e. The largest absolute Gasteiger partial charge is 0.307 e. The highest BCUT2D eigenvalue weighted by molar-refractivity contribution is 6.31. The van der Waals surface area contributed by atoms with Crippen molar-refractivity contribution in [1.82, 2.24) is 5.32 Å². The predicted molar refractivity (Wildman–Crippen MR) is 69.7 cm³/mol. The van der Waals surface area contributed by atoms with Gasteiger partial charge in [0.05, 0.1) is 0 Å². The van der Waals surface area contributed by atoms with Gasteiger partial charge in [-0.15, -0.1) is 0 Å². The average molecular weight is 256 g/mol. The van der Waals surface area contributed by atoms with Crippen LogP contribution in [0.4, 0.5) is 4.39 Å². The summed E-state index contributed by atoms with van der Waals surface area (Å²) in [5.41, 5.74) is 1.03. The third-order valence-electron chi connectivity index (χ3n) is 3.67. The van der Waals surface area contributed by atoms with Crippen LogP contribution < -0.4 is 5.32 Å². The summed E-state index contributed by atoms with van der Waals surface area (Å²) in [6.45, 7) is 2.90. The van der Waals surface area contributed by atoms with Crippen LogP contribution in [0.25, 0.3) is 0 Å². The summed E-state index contributed by atoms with van der Waals surface area (Å²) in [6, 6.07) is 4.53. The van der Waals surface area contributed by atoms with Gasteiger partial charge in [-0.25, -0.2) is 4.39 Å². The summed E-state index contributed by atoms with van der Waals surface area (Å²) in [5, 5.41) is 4.17. The SMILES string of the molecule is CC1(NCc2cc(F)ccc2Cl)CCCCC1. The first-order valence-electron chi connectivity index (χ1n) is 6.28. The van der Waals surface area contributed by atoms with Gasteiger partial charge in [-0.2, -0.15) is 0 Å². The van der Waals surface area contributed by atoms with E-state index in [1.165, 1.54) is 44.2 Å². The molecule has 0 unspecified atom stereocenters. The molecule has 1 aliphatic carbocycles. The molecule has 1 fully saturated rings. The lowest BCUT2D eigenvalue weighted by Gasteiger charge is -2.35. The lowest BCUT2D eigenvalue weighted by molar-refractivity contribution is 0.252. The molecule has 1 nitrogen and oxygen atoms in total. The van der Waals surface area contributed by atoms with Crippen molar-refractivity contribution in [3.05, 3.63) is 34.6 Å². The van der Waals surface area contributed by atoms with Gasteiger partial charge in [-0.1, -0.05) is 30.9 Å². The van der Waals surface area contributed by atoms with E-state index in [4.69, 9.17) is 11.6 Å². The van der Waals surface area contributed by atoms with Gasteiger partial charge in [0.25, 0.3) is 0 Å². The van der Waals surface area contributed by atoms with Gasteiger partial charge >= 0.3 is 0 Å². The van der Waals surface area contributed by atoms with E-state index in [2.05, 4.69) is 12.2 Å². The number of rotatable bonds is 3. The van der Waals surface area contributed by atoms with Crippen molar-refractivity contribution in [2.45, 2.75) is 51.1 Å². The summed E-state index contributed by atoms with van der Waals surface area (Å²) in [5.74, 6) is -0.222. The van der Waals surface area contributed by atoms with E-state index in [1.54, 1.807) is 6.07 Å². The fourth-order valence-corrected chi connectivity index (χ4v) is 2.68. The molecule has 0 aromatic heterocycles. The van der Waals surface area contributed by atoms with Gasteiger partial charge in [0.15, 0.2) is 0 Å². The van der Waals surface area contributed by atoms with Crippen molar-refractivity contribution in [2.24, 2.45) is 0 Å². The summed E-state index contributed by atoms with van der Waals surface area (Å²) in [4.78, 5) is 0. The van der Waals surface area contributed by atoms with E-state index >= 15 is 0 Å². The minimum Gasteiger partial charge on any atom is -0.307 e. The van der Waals surface area contributed by atoms with Crippen molar-refractivity contribution in [2.75, 3.05) is 0 Å².